The number of halogens is 1. The highest BCUT2D eigenvalue weighted by Gasteiger charge is 2.26. The van der Waals surface area contributed by atoms with Crippen LogP contribution in [0, 0.1) is 0 Å². The van der Waals surface area contributed by atoms with Gasteiger partial charge in [0.1, 0.15) is 0 Å². The lowest BCUT2D eigenvalue weighted by molar-refractivity contribution is -0.121. The van der Waals surface area contributed by atoms with Crippen LogP contribution >= 0.6 is 11.6 Å². The van der Waals surface area contributed by atoms with Crippen LogP contribution in [-0.4, -0.2) is 47.6 Å². The summed E-state index contributed by atoms with van der Waals surface area (Å²) in [6.45, 7) is 6.12. The van der Waals surface area contributed by atoms with Crippen molar-refractivity contribution in [3.05, 3.63) is 64.3 Å². The largest absolute Gasteiger partial charge is 0.347 e. The minimum atomic E-state index is 0. The second-order valence-corrected chi connectivity index (χ2v) is 9.31. The molecule has 1 fully saturated rings. The Hall–Kier alpha value is -2.34. The van der Waals surface area contributed by atoms with E-state index in [1.54, 1.807) is 0 Å². The van der Waals surface area contributed by atoms with Gasteiger partial charge < -0.3 is 14.8 Å². The summed E-state index contributed by atoms with van der Waals surface area (Å²) in [5.74, 6) is 0.177. The molecule has 2 aliphatic rings. The molecule has 0 radical (unpaired) electrons. The van der Waals surface area contributed by atoms with E-state index in [1.165, 1.54) is 27.7 Å². The first-order valence-corrected chi connectivity index (χ1v) is 11.5. The van der Waals surface area contributed by atoms with E-state index in [0.29, 0.717) is 12.6 Å². The van der Waals surface area contributed by atoms with Gasteiger partial charge in [-0.1, -0.05) is 37.2 Å². The second kappa shape index (κ2) is 9.26. The first kappa shape index (κ1) is 22.8. The lowest BCUT2D eigenvalue weighted by atomic mass is 10.0. The molecule has 6 heteroatoms. The molecule has 1 saturated heterocycles. The predicted molar refractivity (Wildman–Crippen MR) is 134 cm³/mol. The smallest absolute Gasteiger partial charge is 0.241 e. The lowest BCUT2D eigenvalue weighted by Gasteiger charge is -2.34. The third-order valence-electron chi connectivity index (χ3n) is 6.79. The van der Waals surface area contributed by atoms with Crippen LogP contribution < -0.4 is 10.2 Å². The van der Waals surface area contributed by atoms with Crippen LogP contribution in [0.3, 0.4) is 0 Å². The summed E-state index contributed by atoms with van der Waals surface area (Å²) in [7, 11) is 2.15. The summed E-state index contributed by atoms with van der Waals surface area (Å²) in [4.78, 5) is 17.2. The number of nitrogens with zero attached hydrogens (tertiary/aromatic N) is 3. The van der Waals surface area contributed by atoms with Crippen LogP contribution in [0.1, 0.15) is 31.2 Å². The van der Waals surface area contributed by atoms with E-state index < -0.39 is 0 Å². The van der Waals surface area contributed by atoms with Crippen molar-refractivity contribution in [2.24, 2.45) is 7.05 Å². The molecule has 3 aromatic rings. The van der Waals surface area contributed by atoms with Gasteiger partial charge in [0.05, 0.1) is 12.1 Å². The molecule has 1 N–H and O–H groups in total. The van der Waals surface area contributed by atoms with Crippen LogP contribution in [0.5, 0.6) is 0 Å². The number of aromatic nitrogens is 1. The first-order chi connectivity index (χ1) is 15.0. The molecule has 3 heterocycles. The fourth-order valence-corrected chi connectivity index (χ4v) is 5.07. The number of amides is 1. The zero-order chi connectivity index (χ0) is 21.5. The zero-order valence-corrected chi connectivity index (χ0v) is 19.0. The SMILES string of the molecule is C.CC1Cc2c(c3ccc(N4CCN(CCc5ccc(Cl)cc5)CC4=O)cc3n2C)CN1. The number of benzene rings is 2. The number of carbonyl (C=O) groups excluding carboxylic acids is 1. The number of anilines is 1. The Morgan fingerprint density at radius 2 is 1.91 bits per heavy atom. The molecule has 1 atom stereocenters. The highest BCUT2D eigenvalue weighted by Crippen LogP contribution is 2.32. The summed E-state index contributed by atoms with van der Waals surface area (Å²) in [6, 6.07) is 15.0. The number of hydrogen-bond donors (Lipinski definition) is 1. The molecule has 0 spiro atoms. The molecule has 5 nitrogen and oxygen atoms in total. The topological polar surface area (TPSA) is 40.5 Å². The Labute approximate surface area is 195 Å². The lowest BCUT2D eigenvalue weighted by Crippen LogP contribution is -2.50. The van der Waals surface area contributed by atoms with E-state index in [-0.39, 0.29) is 13.3 Å². The molecule has 2 aromatic carbocycles. The molecule has 0 saturated carbocycles. The summed E-state index contributed by atoms with van der Waals surface area (Å²) in [6.07, 6.45) is 1.97. The molecule has 1 aromatic heterocycles. The number of piperazine rings is 1. The van der Waals surface area contributed by atoms with Gasteiger partial charge in [0, 0.05) is 67.5 Å². The van der Waals surface area contributed by atoms with Crippen molar-refractivity contribution in [3.63, 3.8) is 0 Å². The van der Waals surface area contributed by atoms with Gasteiger partial charge >= 0.3 is 0 Å². The van der Waals surface area contributed by atoms with Gasteiger partial charge in [0.25, 0.3) is 0 Å². The van der Waals surface area contributed by atoms with Gasteiger partial charge in [-0.2, -0.15) is 0 Å². The Kier molecular flexibility index (Phi) is 6.61. The Balaban J connectivity index is 0.00000245. The highest BCUT2D eigenvalue weighted by molar-refractivity contribution is 6.30. The molecule has 5 rings (SSSR count). The normalized spacial score (nSPS) is 19.2. The van der Waals surface area contributed by atoms with Gasteiger partial charge in [-0.15, -0.1) is 0 Å². The van der Waals surface area contributed by atoms with E-state index in [2.05, 4.69) is 59.1 Å². The number of rotatable bonds is 4. The predicted octanol–water partition coefficient (Wildman–Crippen LogP) is 4.39. The van der Waals surface area contributed by atoms with Crippen LogP contribution in [0.25, 0.3) is 10.9 Å². The van der Waals surface area contributed by atoms with Crippen LogP contribution in [-0.2, 0) is 31.2 Å². The van der Waals surface area contributed by atoms with Crippen molar-refractivity contribution < 1.29 is 4.79 Å². The standard InChI is InChI=1S/C25H29ClN4O.CH4/c1-17-13-23-22(15-27-17)21-8-7-20(14-24(21)28(23)2)30-12-11-29(16-25(30)31)10-9-18-3-5-19(26)6-4-18;/h3-8,14,17,27H,9-13,15-16H2,1-2H3;1H4. The molecule has 0 aliphatic carbocycles. The van der Waals surface area contributed by atoms with Crippen LogP contribution in [0.4, 0.5) is 5.69 Å². The highest BCUT2D eigenvalue weighted by atomic mass is 35.5. The van der Waals surface area contributed by atoms with Crippen molar-refractivity contribution >= 4 is 34.1 Å². The maximum Gasteiger partial charge on any atom is 0.241 e. The van der Waals surface area contributed by atoms with Crippen molar-refractivity contribution in [2.45, 2.75) is 39.8 Å². The Bertz CT molecular complexity index is 1120. The monoisotopic (exact) mass is 452 g/mol. The minimum Gasteiger partial charge on any atom is -0.347 e. The summed E-state index contributed by atoms with van der Waals surface area (Å²) in [5.41, 5.74) is 6.30. The molecular weight excluding hydrogens is 420 g/mol. The van der Waals surface area contributed by atoms with Crippen molar-refractivity contribution in [1.29, 1.82) is 0 Å². The molecule has 2 aliphatic heterocycles. The second-order valence-electron chi connectivity index (χ2n) is 8.87. The molecule has 1 unspecified atom stereocenters. The van der Waals surface area contributed by atoms with E-state index in [1.807, 2.05) is 17.0 Å². The summed E-state index contributed by atoms with van der Waals surface area (Å²) in [5, 5.41) is 5.63. The van der Waals surface area contributed by atoms with Gasteiger partial charge in [0.2, 0.25) is 5.91 Å². The van der Waals surface area contributed by atoms with Crippen molar-refractivity contribution in [3.8, 4) is 0 Å². The molecule has 32 heavy (non-hydrogen) atoms. The van der Waals surface area contributed by atoms with Gasteiger partial charge in [-0.05, 0) is 48.7 Å². The maximum absolute atomic E-state index is 13.0. The van der Waals surface area contributed by atoms with Crippen LogP contribution in [0.15, 0.2) is 42.5 Å². The molecule has 0 bridgehead atoms. The van der Waals surface area contributed by atoms with E-state index in [0.717, 1.165) is 49.7 Å². The average molecular weight is 453 g/mol. The van der Waals surface area contributed by atoms with Gasteiger partial charge in [-0.25, -0.2) is 0 Å². The van der Waals surface area contributed by atoms with Crippen molar-refractivity contribution in [1.82, 2.24) is 14.8 Å². The van der Waals surface area contributed by atoms with Gasteiger partial charge in [0.15, 0.2) is 0 Å². The fourth-order valence-electron chi connectivity index (χ4n) is 4.94. The Morgan fingerprint density at radius 1 is 1.12 bits per heavy atom. The quantitative estimate of drug-likeness (QED) is 0.638. The number of hydrogen-bond acceptors (Lipinski definition) is 3. The average Bonchev–Trinajstić information content (AvgIpc) is 3.04. The molecule has 1 amide bonds. The number of aryl methyl sites for hydroxylation is 1. The molecular formula is C26H33ClN4O. The van der Waals surface area contributed by atoms with E-state index in [4.69, 9.17) is 11.6 Å². The third-order valence-corrected chi connectivity index (χ3v) is 7.04. The number of fused-ring (bicyclic) bond motifs is 3. The Morgan fingerprint density at radius 3 is 2.66 bits per heavy atom. The van der Waals surface area contributed by atoms with Crippen LogP contribution in [0.2, 0.25) is 5.02 Å². The summed E-state index contributed by atoms with van der Waals surface area (Å²) >= 11 is 5.97. The van der Waals surface area contributed by atoms with Crippen molar-refractivity contribution in [2.75, 3.05) is 31.1 Å². The number of nitrogens with one attached hydrogen (secondary N) is 1. The fraction of sp³-hybridized carbons (Fsp3) is 0.423. The van der Waals surface area contributed by atoms with Gasteiger partial charge in [-0.3, -0.25) is 9.69 Å². The maximum atomic E-state index is 13.0. The zero-order valence-electron chi connectivity index (χ0n) is 18.2. The minimum absolute atomic E-state index is 0. The van der Waals surface area contributed by atoms with E-state index in [9.17, 15) is 4.79 Å². The number of carbonyl (C=O) groups is 1. The molecule has 170 valence electrons. The third kappa shape index (κ3) is 4.29. The van der Waals surface area contributed by atoms with E-state index >= 15 is 0 Å². The first-order valence-electron chi connectivity index (χ1n) is 11.1. The summed E-state index contributed by atoms with van der Waals surface area (Å²) < 4.78 is 2.32.